The van der Waals surface area contributed by atoms with Gasteiger partial charge in [-0.25, -0.2) is 4.79 Å². The van der Waals surface area contributed by atoms with Gasteiger partial charge in [-0.3, -0.25) is 14.4 Å². The monoisotopic (exact) mass is 456 g/mol. The van der Waals surface area contributed by atoms with Crippen LogP contribution in [0, 0.1) is 17.8 Å². The molecule has 33 heavy (non-hydrogen) atoms. The minimum Gasteiger partial charge on any atom is -0.511 e. The molecular weight excluding hydrogens is 432 g/mol. The Hall–Kier alpha value is -3.82. The van der Waals surface area contributed by atoms with Crippen molar-refractivity contribution in [3.8, 4) is 5.75 Å². The molecule has 0 spiro atoms. The number of nitrogens with two attached hydrogens (primary N) is 1. The first kappa shape index (κ1) is 22.4. The highest BCUT2D eigenvalue weighted by atomic mass is 16.5. The lowest BCUT2D eigenvalue weighted by Crippen LogP contribution is -2.44. The van der Waals surface area contributed by atoms with E-state index in [4.69, 9.17) is 10.5 Å². The largest absolute Gasteiger partial charge is 0.511 e. The number of methoxy groups -OCH3 is 1. The topological polar surface area (TPSA) is 167 Å². The summed E-state index contributed by atoms with van der Waals surface area (Å²) in [6, 6.07) is 1.46. The number of aromatic hydroxyl groups is 1. The van der Waals surface area contributed by atoms with Crippen LogP contribution in [0.4, 0.5) is 5.69 Å². The predicted octanol–water partition coefficient (Wildman–Crippen LogP) is 1.16. The van der Waals surface area contributed by atoms with E-state index in [1.54, 1.807) is 19.0 Å². The predicted molar refractivity (Wildman–Crippen MR) is 116 cm³/mol. The molecule has 0 heterocycles. The van der Waals surface area contributed by atoms with Crippen molar-refractivity contribution in [2.24, 2.45) is 23.5 Å². The summed E-state index contributed by atoms with van der Waals surface area (Å²) >= 11 is 0. The van der Waals surface area contributed by atoms with Gasteiger partial charge in [-0.1, -0.05) is 0 Å². The van der Waals surface area contributed by atoms with Gasteiger partial charge in [-0.15, -0.1) is 0 Å². The van der Waals surface area contributed by atoms with Crippen LogP contribution in [0.5, 0.6) is 5.75 Å². The van der Waals surface area contributed by atoms with Crippen molar-refractivity contribution in [3.63, 3.8) is 0 Å². The number of phenols is 1. The molecule has 3 unspecified atom stereocenters. The number of aliphatic hydroxyl groups excluding tert-OH is 2. The van der Waals surface area contributed by atoms with Gasteiger partial charge in [-0.2, -0.15) is 0 Å². The van der Waals surface area contributed by atoms with Crippen LogP contribution in [0.2, 0.25) is 0 Å². The Bertz CT molecular complexity index is 1190. The van der Waals surface area contributed by atoms with Gasteiger partial charge in [0.25, 0.3) is 5.91 Å². The number of aliphatic hydroxyl groups is 2. The van der Waals surface area contributed by atoms with Crippen molar-refractivity contribution in [1.29, 1.82) is 0 Å². The average Bonchev–Trinajstić information content (AvgIpc) is 2.72. The molecule has 174 valence electrons. The van der Waals surface area contributed by atoms with E-state index in [9.17, 15) is 34.5 Å². The number of nitrogens with zero attached hydrogens (tertiary/aromatic N) is 1. The molecular formula is C23H24N2O8. The molecule has 5 N–H and O–H groups in total. The highest BCUT2D eigenvalue weighted by Gasteiger charge is 2.51. The number of amides is 1. The Balaban J connectivity index is 1.94. The molecule has 1 amide bonds. The van der Waals surface area contributed by atoms with Gasteiger partial charge in [0.15, 0.2) is 11.6 Å². The highest BCUT2D eigenvalue weighted by molar-refractivity contribution is 6.21. The maximum absolute atomic E-state index is 13.4. The van der Waals surface area contributed by atoms with Crippen molar-refractivity contribution in [2.45, 2.75) is 19.3 Å². The summed E-state index contributed by atoms with van der Waals surface area (Å²) < 4.78 is 4.74. The number of hydrogen-bond donors (Lipinski definition) is 4. The van der Waals surface area contributed by atoms with E-state index in [1.807, 2.05) is 0 Å². The molecule has 1 saturated carbocycles. The van der Waals surface area contributed by atoms with Gasteiger partial charge < -0.3 is 30.7 Å². The molecule has 0 radical (unpaired) electrons. The fraction of sp³-hybridized carbons (Fsp3) is 0.391. The van der Waals surface area contributed by atoms with E-state index in [-0.39, 0.29) is 29.5 Å². The standard InChI is InChI=1S/C23H24N2O8/c1-25(2)12-7-11(23(32)33-3)18(27)16-10(12)5-8-4-9-6-13(26)17(22(24)31)21(30)15(9)19(28)14(8)20(16)29/h7-9,15,27,29-30H,4-6H2,1-3H3,(H2,24,31). The van der Waals surface area contributed by atoms with E-state index >= 15 is 0 Å². The number of Topliss-reactive ketones (excluding diaryl/α,β-unsaturated/α-hetero) is 2. The number of anilines is 1. The Morgan fingerprint density at radius 1 is 1.15 bits per heavy atom. The van der Waals surface area contributed by atoms with Crippen LogP contribution in [0.1, 0.15) is 34.3 Å². The molecule has 3 atom stereocenters. The molecule has 0 bridgehead atoms. The first-order valence-corrected chi connectivity index (χ1v) is 10.4. The molecule has 0 aliphatic heterocycles. The van der Waals surface area contributed by atoms with Gasteiger partial charge in [0.1, 0.15) is 28.4 Å². The van der Waals surface area contributed by atoms with Crippen LogP contribution in [-0.2, 0) is 25.5 Å². The molecule has 0 aromatic heterocycles. The zero-order valence-electron chi connectivity index (χ0n) is 18.3. The van der Waals surface area contributed by atoms with Crippen molar-refractivity contribution < 1.29 is 39.2 Å². The third-order valence-electron chi connectivity index (χ3n) is 6.75. The third-order valence-corrected chi connectivity index (χ3v) is 6.75. The summed E-state index contributed by atoms with van der Waals surface area (Å²) in [5.74, 6) is -7.11. The third kappa shape index (κ3) is 3.16. The number of ether oxygens (including phenoxy) is 1. The molecule has 1 aromatic rings. The number of carbonyl (C=O) groups is 4. The van der Waals surface area contributed by atoms with E-state index in [2.05, 4.69) is 0 Å². The van der Waals surface area contributed by atoms with E-state index in [1.165, 1.54) is 6.07 Å². The van der Waals surface area contributed by atoms with Crippen molar-refractivity contribution >= 4 is 34.9 Å². The Morgan fingerprint density at radius 3 is 2.39 bits per heavy atom. The zero-order chi connectivity index (χ0) is 24.4. The number of esters is 1. The summed E-state index contributed by atoms with van der Waals surface area (Å²) in [5, 5.41) is 32.6. The maximum Gasteiger partial charge on any atom is 0.341 e. The summed E-state index contributed by atoms with van der Waals surface area (Å²) in [6.07, 6.45) is 0.431. The first-order valence-electron chi connectivity index (χ1n) is 10.4. The first-order chi connectivity index (χ1) is 15.5. The van der Waals surface area contributed by atoms with Crippen molar-refractivity contribution in [2.75, 3.05) is 26.1 Å². The number of primary amides is 1. The number of hydrogen-bond acceptors (Lipinski definition) is 9. The number of ketones is 2. The van der Waals surface area contributed by atoms with Gasteiger partial charge in [0.2, 0.25) is 0 Å². The van der Waals surface area contributed by atoms with E-state index < -0.39 is 64.0 Å². The average molecular weight is 456 g/mol. The summed E-state index contributed by atoms with van der Waals surface area (Å²) in [6.45, 7) is 0. The Kier molecular flexibility index (Phi) is 5.18. The molecule has 1 aromatic carbocycles. The molecule has 10 nitrogen and oxygen atoms in total. The summed E-state index contributed by atoms with van der Waals surface area (Å²) in [4.78, 5) is 51.4. The highest BCUT2D eigenvalue weighted by Crippen LogP contribution is 2.52. The number of rotatable bonds is 3. The number of fused-ring (bicyclic) bond motifs is 3. The molecule has 0 saturated heterocycles. The van der Waals surface area contributed by atoms with Crippen LogP contribution in [0.3, 0.4) is 0 Å². The van der Waals surface area contributed by atoms with Crippen LogP contribution < -0.4 is 10.6 Å². The number of benzene rings is 1. The molecule has 3 aliphatic rings. The van der Waals surface area contributed by atoms with Crippen LogP contribution >= 0.6 is 0 Å². The van der Waals surface area contributed by atoms with Crippen molar-refractivity contribution in [1.82, 2.24) is 0 Å². The number of carbonyl (C=O) groups excluding carboxylic acids is 4. The Morgan fingerprint density at radius 2 is 1.82 bits per heavy atom. The van der Waals surface area contributed by atoms with Crippen LogP contribution in [0.15, 0.2) is 23.0 Å². The SMILES string of the molecule is COC(=O)c1cc(N(C)C)c2c(c1O)C(O)=C1C(=O)C3C(O)=C(C(N)=O)C(=O)CC3CC1C2. The second kappa shape index (κ2) is 7.65. The van der Waals surface area contributed by atoms with E-state index in [0.717, 1.165) is 7.11 Å². The normalized spacial score (nSPS) is 24.2. The van der Waals surface area contributed by atoms with Gasteiger partial charge >= 0.3 is 5.97 Å². The minimum absolute atomic E-state index is 0.0181. The quantitative estimate of drug-likeness (QED) is 0.385. The van der Waals surface area contributed by atoms with Gasteiger partial charge in [-0.05, 0) is 36.3 Å². The van der Waals surface area contributed by atoms with Gasteiger partial charge in [0.05, 0.1) is 18.6 Å². The maximum atomic E-state index is 13.4. The number of allylic oxidation sites excluding steroid dienone is 2. The number of phenolic OH excluding ortho intramolecular Hbond substituents is 1. The fourth-order valence-electron chi connectivity index (χ4n) is 5.35. The summed E-state index contributed by atoms with van der Waals surface area (Å²) in [5.41, 5.74) is 5.50. The van der Waals surface area contributed by atoms with Gasteiger partial charge in [0, 0.05) is 31.8 Å². The molecule has 4 rings (SSSR count). The van der Waals surface area contributed by atoms with Crippen LogP contribution in [0.25, 0.3) is 5.76 Å². The van der Waals surface area contributed by atoms with E-state index in [0.29, 0.717) is 17.7 Å². The lowest BCUT2D eigenvalue weighted by molar-refractivity contribution is -0.127. The fourth-order valence-corrected chi connectivity index (χ4v) is 5.35. The molecule has 10 heteroatoms. The second-order valence-corrected chi connectivity index (χ2v) is 8.78. The lowest BCUT2D eigenvalue weighted by Gasteiger charge is -2.41. The minimum atomic E-state index is -1.19. The van der Waals surface area contributed by atoms with Crippen LogP contribution in [-0.4, -0.2) is 60.0 Å². The Labute approximate surface area is 188 Å². The zero-order valence-corrected chi connectivity index (χ0v) is 18.3. The lowest BCUT2D eigenvalue weighted by atomic mass is 9.61. The second-order valence-electron chi connectivity index (χ2n) is 8.78. The van der Waals surface area contributed by atoms with Crippen molar-refractivity contribution in [3.05, 3.63) is 39.7 Å². The molecule has 3 aliphatic carbocycles. The summed E-state index contributed by atoms with van der Waals surface area (Å²) in [7, 11) is 4.63. The smallest absolute Gasteiger partial charge is 0.341 e. The molecule has 1 fully saturated rings.